The van der Waals surface area contributed by atoms with E-state index < -0.39 is 36.4 Å². The Hall–Kier alpha value is -6.26. The number of hydrogen-bond acceptors (Lipinski definition) is 10. The van der Waals surface area contributed by atoms with Crippen molar-refractivity contribution in [3.8, 4) is 45.1 Å². The molecule has 16 nitrogen and oxygen atoms in total. The molecule has 5 heterocycles. The predicted molar refractivity (Wildman–Crippen MR) is 239 cm³/mol. The Balaban J connectivity index is 1.05. The Labute approximate surface area is 380 Å². The summed E-state index contributed by atoms with van der Waals surface area (Å²) in [4.78, 5) is 72.1. The van der Waals surface area contributed by atoms with Gasteiger partial charge in [-0.2, -0.15) is 0 Å². The molecular formula is C46H50Cl2N8O8. The van der Waals surface area contributed by atoms with E-state index in [4.69, 9.17) is 52.1 Å². The van der Waals surface area contributed by atoms with Gasteiger partial charge in [0.1, 0.15) is 70.1 Å². The molecule has 0 unspecified atom stereocenters. The third-order valence-corrected chi connectivity index (χ3v) is 12.5. The lowest BCUT2D eigenvalue weighted by Crippen LogP contribution is -2.52. The van der Waals surface area contributed by atoms with Crippen LogP contribution in [0.5, 0.6) is 11.5 Å². The molecule has 5 aromatic rings. The molecule has 3 aromatic carbocycles. The van der Waals surface area contributed by atoms with Gasteiger partial charge < -0.3 is 49.3 Å². The third kappa shape index (κ3) is 8.43. The largest absolute Gasteiger partial charge is 0.488 e. The van der Waals surface area contributed by atoms with Crippen molar-refractivity contribution in [2.45, 2.75) is 84.3 Å². The molecule has 4 amide bonds. The molecule has 0 spiro atoms. The molecule has 1 fully saturated rings. The molecule has 18 heteroatoms. The quantitative estimate of drug-likeness (QED) is 0.0889. The van der Waals surface area contributed by atoms with Gasteiger partial charge in [-0.15, -0.1) is 0 Å². The molecule has 64 heavy (non-hydrogen) atoms. The number of benzene rings is 3. The molecule has 0 aliphatic carbocycles. The fourth-order valence-corrected chi connectivity index (χ4v) is 9.28. The van der Waals surface area contributed by atoms with Crippen LogP contribution in [0.3, 0.4) is 0 Å². The Morgan fingerprint density at radius 3 is 2.05 bits per heavy atom. The Morgan fingerprint density at radius 2 is 1.45 bits per heavy atom. The van der Waals surface area contributed by atoms with E-state index >= 15 is 0 Å². The first-order valence-corrected chi connectivity index (χ1v) is 22.0. The molecule has 4 N–H and O–H groups in total. The van der Waals surface area contributed by atoms with Crippen molar-refractivity contribution >= 4 is 47.2 Å². The highest BCUT2D eigenvalue weighted by Crippen LogP contribution is 2.51. The van der Waals surface area contributed by atoms with Crippen molar-refractivity contribution in [3.05, 3.63) is 93.2 Å². The smallest absolute Gasteiger partial charge is 0.407 e. The fourth-order valence-electron chi connectivity index (χ4n) is 8.78. The lowest BCUT2D eigenvalue weighted by atomic mass is 9.87. The van der Waals surface area contributed by atoms with Gasteiger partial charge in [0.25, 0.3) is 5.91 Å². The number of imidazole rings is 2. The summed E-state index contributed by atoms with van der Waals surface area (Å²) in [7, 11) is 2.52. The number of amides is 4. The van der Waals surface area contributed by atoms with Crippen LogP contribution >= 0.6 is 23.2 Å². The molecule has 8 rings (SSSR count). The van der Waals surface area contributed by atoms with Crippen molar-refractivity contribution in [2.75, 3.05) is 27.3 Å². The predicted octanol–water partition coefficient (Wildman–Crippen LogP) is 8.67. The number of carbonyl (C=O) groups is 4. The molecule has 3 aliphatic heterocycles. The minimum atomic E-state index is -0.952. The molecule has 4 atom stereocenters. The van der Waals surface area contributed by atoms with Crippen molar-refractivity contribution in [2.24, 2.45) is 5.92 Å². The minimum Gasteiger partial charge on any atom is -0.488 e. The second-order valence-corrected chi connectivity index (χ2v) is 17.2. The van der Waals surface area contributed by atoms with Crippen LogP contribution in [0.1, 0.15) is 93.4 Å². The summed E-state index contributed by atoms with van der Waals surface area (Å²) in [6, 6.07) is 14.2. The number of aromatic nitrogens is 4. The van der Waals surface area contributed by atoms with Gasteiger partial charge in [-0.25, -0.2) is 19.6 Å². The highest BCUT2D eigenvalue weighted by molar-refractivity contribution is 6.32. The second-order valence-electron chi connectivity index (χ2n) is 16.4. The van der Waals surface area contributed by atoms with Crippen molar-refractivity contribution in [3.63, 3.8) is 0 Å². The third-order valence-electron chi connectivity index (χ3n) is 12.0. The number of alkyl carbamates (subject to hydrolysis) is 2. The van der Waals surface area contributed by atoms with E-state index in [1.54, 1.807) is 21.9 Å². The van der Waals surface area contributed by atoms with E-state index in [0.29, 0.717) is 81.9 Å². The summed E-state index contributed by atoms with van der Waals surface area (Å²) in [5.74, 6) is 1.62. The summed E-state index contributed by atoms with van der Waals surface area (Å²) in [5.41, 5.74) is 6.69. The van der Waals surface area contributed by atoms with Crippen LogP contribution in [0, 0.1) is 5.92 Å². The summed E-state index contributed by atoms with van der Waals surface area (Å²) < 4.78 is 22.5. The number of methoxy groups -OCH3 is 2. The number of aromatic amines is 2. The second kappa shape index (κ2) is 18.5. The number of halogens is 2. The number of H-pyrrole nitrogens is 2. The van der Waals surface area contributed by atoms with Crippen LogP contribution in [-0.4, -0.2) is 87.1 Å². The molecule has 336 valence electrons. The fraction of sp³-hybridized carbons (Fsp3) is 0.391. The molecule has 0 radical (unpaired) electrons. The van der Waals surface area contributed by atoms with Crippen LogP contribution in [0.25, 0.3) is 33.6 Å². The van der Waals surface area contributed by atoms with Crippen molar-refractivity contribution in [1.29, 1.82) is 0 Å². The monoisotopic (exact) mass is 912 g/mol. The average molecular weight is 914 g/mol. The summed E-state index contributed by atoms with van der Waals surface area (Å²) in [6.45, 7) is 8.96. The van der Waals surface area contributed by atoms with Gasteiger partial charge in [-0.05, 0) is 61.9 Å². The first kappa shape index (κ1) is 44.4. The van der Waals surface area contributed by atoms with Crippen LogP contribution in [0.4, 0.5) is 9.59 Å². The van der Waals surface area contributed by atoms with Gasteiger partial charge in [0.05, 0.1) is 26.3 Å². The zero-order valence-electron chi connectivity index (χ0n) is 36.3. The van der Waals surface area contributed by atoms with Crippen LogP contribution < -0.4 is 20.1 Å². The number of nitrogens with one attached hydrogen (secondary N) is 4. The van der Waals surface area contributed by atoms with Gasteiger partial charge in [0, 0.05) is 46.5 Å². The molecule has 0 bridgehead atoms. The van der Waals surface area contributed by atoms with E-state index in [1.165, 1.54) is 14.2 Å². The molecule has 0 saturated carbocycles. The first-order valence-electron chi connectivity index (χ1n) is 21.3. The number of nitrogens with zero attached hydrogens (tertiary/aromatic N) is 4. The number of carbonyl (C=O) groups excluding carboxylic acids is 4. The highest BCUT2D eigenvalue weighted by Gasteiger charge is 2.39. The maximum atomic E-state index is 14.1. The van der Waals surface area contributed by atoms with Gasteiger partial charge in [-0.1, -0.05) is 74.3 Å². The molecule has 1 saturated heterocycles. The molecule has 3 aliphatic rings. The van der Waals surface area contributed by atoms with Crippen molar-refractivity contribution < 1.29 is 38.1 Å². The SMILES string of the molecule is CCCN(C(=O)[C@@H](NC(=O)OC)C(C)C)[C@@H](C)c1nc(-c2cc3c4c(c2)OCc2cc(-c5nc([C@@H]6CCCN6C(=O)[C@H](NC(=O)OC)c6ccccc6)[nH]c5Cl)cc(c2-4)OC3)c(Cl)[nH]1. The normalized spacial score (nSPS) is 16.2. The van der Waals surface area contributed by atoms with Gasteiger partial charge in [0.15, 0.2) is 0 Å². The summed E-state index contributed by atoms with van der Waals surface area (Å²) in [5, 5.41) is 6.00. The topological polar surface area (TPSA) is 193 Å². The van der Waals surface area contributed by atoms with Gasteiger partial charge in [-0.3, -0.25) is 9.59 Å². The van der Waals surface area contributed by atoms with Crippen LogP contribution in [-0.2, 0) is 32.3 Å². The van der Waals surface area contributed by atoms with E-state index in [-0.39, 0.29) is 30.9 Å². The van der Waals surface area contributed by atoms with Gasteiger partial charge in [0.2, 0.25) is 5.91 Å². The zero-order valence-corrected chi connectivity index (χ0v) is 37.9. The standard InChI is InChI=1S/C46H50Cl2N8O8/c1-7-15-55(43(57)35(23(2)3)51-45(59)61-5)24(4)41-49-36(39(47)53-41)26-17-28-21-64-32-20-27(18-29-22-63-31(19-26)33(28)34(29)32)37-40(48)54-42(50-37)30-14-11-16-56(30)44(58)38(52-46(60)62-6)25-12-9-8-10-13-25/h8-10,12-13,17-20,23-24,30,35,38H,7,11,14-16,21-22H2,1-6H3,(H,49,53)(H,50,54)(H,51,59)(H,52,60)/t24-,30-,35-,38+/m0/s1. The van der Waals surface area contributed by atoms with Gasteiger partial charge >= 0.3 is 12.2 Å². The Morgan fingerprint density at radius 1 is 0.859 bits per heavy atom. The highest BCUT2D eigenvalue weighted by atomic mass is 35.5. The number of ether oxygens (including phenoxy) is 4. The van der Waals surface area contributed by atoms with E-state index in [9.17, 15) is 19.2 Å². The minimum absolute atomic E-state index is 0.192. The van der Waals surface area contributed by atoms with E-state index in [0.717, 1.165) is 34.2 Å². The molecular weight excluding hydrogens is 863 g/mol. The lowest BCUT2D eigenvalue weighted by Gasteiger charge is -2.33. The number of hydrogen-bond donors (Lipinski definition) is 4. The number of likely N-dealkylation sites (tertiary alicyclic amines) is 1. The van der Waals surface area contributed by atoms with Crippen LogP contribution in [0.2, 0.25) is 10.3 Å². The maximum Gasteiger partial charge on any atom is 0.407 e. The summed E-state index contributed by atoms with van der Waals surface area (Å²) in [6.07, 6.45) is 0.686. The lowest BCUT2D eigenvalue weighted by molar-refractivity contribution is -0.137. The average Bonchev–Trinajstić information content (AvgIpc) is 4.06. The molecule has 2 aromatic heterocycles. The maximum absolute atomic E-state index is 14.1. The Bertz CT molecular complexity index is 2550. The van der Waals surface area contributed by atoms with Crippen LogP contribution in [0.15, 0.2) is 54.6 Å². The van der Waals surface area contributed by atoms with E-state index in [2.05, 4.69) is 20.6 Å². The summed E-state index contributed by atoms with van der Waals surface area (Å²) >= 11 is 13.7. The number of rotatable bonds is 13. The Kier molecular flexibility index (Phi) is 12.8. The van der Waals surface area contributed by atoms with Crippen molar-refractivity contribution in [1.82, 2.24) is 40.4 Å². The van der Waals surface area contributed by atoms with E-state index in [1.807, 2.05) is 70.2 Å². The zero-order chi connectivity index (χ0) is 45.4. The first-order chi connectivity index (χ1) is 30.8.